The van der Waals surface area contributed by atoms with E-state index < -0.39 is 0 Å². The van der Waals surface area contributed by atoms with Crippen LogP contribution in [0.2, 0.25) is 5.28 Å². The molecule has 0 saturated heterocycles. The second-order valence-electron chi connectivity index (χ2n) is 4.48. The van der Waals surface area contributed by atoms with E-state index in [1.54, 1.807) is 27.5 Å². The Morgan fingerprint density at radius 2 is 1.67 bits per heavy atom. The van der Waals surface area contributed by atoms with E-state index in [0.29, 0.717) is 23.7 Å². The largest absolute Gasteiger partial charge is 0.493 e. The van der Waals surface area contributed by atoms with Crippen molar-refractivity contribution < 1.29 is 14.2 Å². The van der Waals surface area contributed by atoms with E-state index in [9.17, 15) is 0 Å². The zero-order chi connectivity index (χ0) is 15.4. The summed E-state index contributed by atoms with van der Waals surface area (Å²) >= 11 is 5.86. The lowest BCUT2D eigenvalue weighted by atomic mass is 10.1. The Hall–Kier alpha value is -2.01. The third kappa shape index (κ3) is 3.36. The molecule has 0 spiro atoms. The summed E-state index contributed by atoms with van der Waals surface area (Å²) in [4.78, 5) is 8.22. The van der Waals surface area contributed by atoms with Crippen LogP contribution >= 0.6 is 11.6 Å². The van der Waals surface area contributed by atoms with Gasteiger partial charge < -0.3 is 14.2 Å². The molecule has 0 aliphatic carbocycles. The van der Waals surface area contributed by atoms with Gasteiger partial charge in [-0.3, -0.25) is 0 Å². The average Bonchev–Trinajstić information content (AvgIpc) is 2.49. The molecule has 0 N–H and O–H groups in total. The molecule has 0 radical (unpaired) electrons. The van der Waals surface area contributed by atoms with Crippen molar-refractivity contribution in [1.82, 2.24) is 9.97 Å². The standard InChI is InChI=1S/C15H17ClN2O3/c1-9-8-17-15(16)18-11(9)5-10-6-12(19-2)14(21-4)13(7-10)20-3/h6-8H,5H2,1-4H3. The highest BCUT2D eigenvalue weighted by Gasteiger charge is 2.14. The molecule has 2 aromatic rings. The van der Waals surface area contributed by atoms with Crippen LogP contribution in [0, 0.1) is 6.92 Å². The topological polar surface area (TPSA) is 53.5 Å². The number of benzene rings is 1. The van der Waals surface area contributed by atoms with Crippen molar-refractivity contribution in [3.05, 3.63) is 40.4 Å². The van der Waals surface area contributed by atoms with Gasteiger partial charge in [0.05, 0.1) is 27.0 Å². The molecule has 0 saturated carbocycles. The Bertz CT molecular complexity index is 622. The molecule has 21 heavy (non-hydrogen) atoms. The van der Waals surface area contributed by atoms with Gasteiger partial charge in [-0.15, -0.1) is 0 Å². The van der Waals surface area contributed by atoms with E-state index in [1.807, 2.05) is 19.1 Å². The van der Waals surface area contributed by atoms with Crippen LogP contribution < -0.4 is 14.2 Å². The number of hydrogen-bond acceptors (Lipinski definition) is 5. The molecule has 0 bridgehead atoms. The van der Waals surface area contributed by atoms with Gasteiger partial charge in [0.2, 0.25) is 11.0 Å². The van der Waals surface area contributed by atoms with Crippen LogP contribution in [0.15, 0.2) is 18.3 Å². The summed E-state index contributed by atoms with van der Waals surface area (Å²) in [6.07, 6.45) is 2.31. The lowest BCUT2D eigenvalue weighted by Crippen LogP contribution is -2.01. The number of ether oxygens (including phenoxy) is 3. The molecule has 1 heterocycles. The van der Waals surface area contributed by atoms with E-state index in [0.717, 1.165) is 16.8 Å². The second-order valence-corrected chi connectivity index (χ2v) is 4.82. The first-order valence-corrected chi connectivity index (χ1v) is 6.73. The van der Waals surface area contributed by atoms with Crippen molar-refractivity contribution in [3.63, 3.8) is 0 Å². The van der Waals surface area contributed by atoms with Gasteiger partial charge in [0.15, 0.2) is 11.5 Å². The Balaban J connectivity index is 2.42. The van der Waals surface area contributed by atoms with Crippen LogP contribution in [-0.2, 0) is 6.42 Å². The van der Waals surface area contributed by atoms with Crippen molar-refractivity contribution >= 4 is 11.6 Å². The molecule has 112 valence electrons. The number of halogens is 1. The SMILES string of the molecule is COc1cc(Cc2nc(Cl)ncc2C)cc(OC)c1OC. The summed E-state index contributed by atoms with van der Waals surface area (Å²) in [7, 11) is 4.76. The molecular weight excluding hydrogens is 292 g/mol. The van der Waals surface area contributed by atoms with Crippen LogP contribution in [0.1, 0.15) is 16.8 Å². The zero-order valence-corrected chi connectivity index (χ0v) is 13.2. The fourth-order valence-corrected chi connectivity index (χ4v) is 2.21. The molecule has 6 heteroatoms. The fraction of sp³-hybridized carbons (Fsp3) is 0.333. The first-order chi connectivity index (χ1) is 10.1. The van der Waals surface area contributed by atoms with Crippen LogP contribution in [-0.4, -0.2) is 31.3 Å². The van der Waals surface area contributed by atoms with E-state index in [1.165, 1.54) is 0 Å². The lowest BCUT2D eigenvalue weighted by molar-refractivity contribution is 0.324. The van der Waals surface area contributed by atoms with Crippen molar-refractivity contribution in [2.24, 2.45) is 0 Å². The number of methoxy groups -OCH3 is 3. The van der Waals surface area contributed by atoms with Gasteiger partial charge in [0, 0.05) is 12.6 Å². The molecule has 0 fully saturated rings. The van der Waals surface area contributed by atoms with E-state index >= 15 is 0 Å². The van der Waals surface area contributed by atoms with Gasteiger partial charge in [-0.25, -0.2) is 9.97 Å². The van der Waals surface area contributed by atoms with Gasteiger partial charge in [-0.05, 0) is 41.8 Å². The summed E-state index contributed by atoms with van der Waals surface area (Å²) in [6, 6.07) is 3.80. The molecule has 0 aliphatic heterocycles. The number of nitrogens with zero attached hydrogens (tertiary/aromatic N) is 2. The maximum Gasteiger partial charge on any atom is 0.222 e. The van der Waals surface area contributed by atoms with Crippen LogP contribution in [0.3, 0.4) is 0 Å². The summed E-state index contributed by atoms with van der Waals surface area (Å²) in [5, 5.41) is 0.239. The highest BCUT2D eigenvalue weighted by atomic mass is 35.5. The molecule has 1 aromatic heterocycles. The molecule has 0 aliphatic rings. The summed E-state index contributed by atoms with van der Waals surface area (Å²) in [6.45, 7) is 1.95. The summed E-state index contributed by atoms with van der Waals surface area (Å²) in [5.74, 6) is 1.80. The maximum atomic E-state index is 5.86. The summed E-state index contributed by atoms with van der Waals surface area (Å²) < 4.78 is 16.0. The molecule has 0 amide bonds. The van der Waals surface area contributed by atoms with E-state index in [-0.39, 0.29) is 5.28 Å². The molecule has 0 unspecified atom stereocenters. The van der Waals surface area contributed by atoms with E-state index in [2.05, 4.69) is 9.97 Å². The minimum Gasteiger partial charge on any atom is -0.493 e. The average molecular weight is 309 g/mol. The highest BCUT2D eigenvalue weighted by molar-refractivity contribution is 6.28. The lowest BCUT2D eigenvalue weighted by Gasteiger charge is -2.14. The Morgan fingerprint density at radius 1 is 1.05 bits per heavy atom. The van der Waals surface area contributed by atoms with E-state index in [4.69, 9.17) is 25.8 Å². The first kappa shape index (κ1) is 15.4. The van der Waals surface area contributed by atoms with Crippen molar-refractivity contribution in [2.75, 3.05) is 21.3 Å². The Labute approximate surface area is 128 Å². The zero-order valence-electron chi connectivity index (χ0n) is 12.4. The number of hydrogen-bond donors (Lipinski definition) is 0. The predicted octanol–water partition coefficient (Wildman–Crippen LogP) is 3.06. The third-order valence-corrected chi connectivity index (χ3v) is 3.33. The fourth-order valence-electron chi connectivity index (χ4n) is 2.06. The Morgan fingerprint density at radius 3 is 2.19 bits per heavy atom. The minimum absolute atomic E-state index is 0.239. The van der Waals surface area contributed by atoms with Gasteiger partial charge in [-0.1, -0.05) is 0 Å². The number of aromatic nitrogens is 2. The molecule has 1 aromatic carbocycles. The minimum atomic E-state index is 0.239. The molecule has 0 atom stereocenters. The second kappa shape index (κ2) is 6.63. The smallest absolute Gasteiger partial charge is 0.222 e. The van der Waals surface area contributed by atoms with Crippen molar-refractivity contribution in [1.29, 1.82) is 0 Å². The van der Waals surface area contributed by atoms with Crippen LogP contribution in [0.4, 0.5) is 0 Å². The number of rotatable bonds is 5. The molecule has 2 rings (SSSR count). The van der Waals surface area contributed by atoms with Gasteiger partial charge in [-0.2, -0.15) is 0 Å². The first-order valence-electron chi connectivity index (χ1n) is 6.36. The van der Waals surface area contributed by atoms with Crippen LogP contribution in [0.25, 0.3) is 0 Å². The Kier molecular flexibility index (Phi) is 4.85. The summed E-state index contributed by atoms with van der Waals surface area (Å²) in [5.41, 5.74) is 2.83. The van der Waals surface area contributed by atoms with Crippen LogP contribution in [0.5, 0.6) is 17.2 Å². The molecule has 5 nitrogen and oxygen atoms in total. The normalized spacial score (nSPS) is 10.3. The highest BCUT2D eigenvalue weighted by Crippen LogP contribution is 2.38. The van der Waals surface area contributed by atoms with Gasteiger partial charge in [0.25, 0.3) is 0 Å². The monoisotopic (exact) mass is 308 g/mol. The van der Waals surface area contributed by atoms with Gasteiger partial charge >= 0.3 is 0 Å². The third-order valence-electron chi connectivity index (χ3n) is 3.14. The predicted molar refractivity (Wildman–Crippen MR) is 80.7 cm³/mol. The quantitative estimate of drug-likeness (QED) is 0.795. The number of aryl methyl sites for hydroxylation is 1. The van der Waals surface area contributed by atoms with Crippen molar-refractivity contribution in [2.45, 2.75) is 13.3 Å². The molecular formula is C15H17ClN2O3. The van der Waals surface area contributed by atoms with Gasteiger partial charge in [0.1, 0.15) is 0 Å². The van der Waals surface area contributed by atoms with Crippen molar-refractivity contribution in [3.8, 4) is 17.2 Å². The maximum absolute atomic E-state index is 5.86.